The number of imidazole rings is 1. The van der Waals surface area contributed by atoms with Gasteiger partial charge in [0.1, 0.15) is 11.6 Å². The predicted octanol–water partition coefficient (Wildman–Crippen LogP) is 0.422. The van der Waals surface area contributed by atoms with Gasteiger partial charge in [0, 0.05) is 13.1 Å². The van der Waals surface area contributed by atoms with Crippen molar-refractivity contribution in [2.75, 3.05) is 26.0 Å². The number of esters is 1. The molecule has 0 bridgehead atoms. The van der Waals surface area contributed by atoms with Crippen LogP contribution in [0.3, 0.4) is 0 Å². The second kappa shape index (κ2) is 9.18. The van der Waals surface area contributed by atoms with Crippen molar-refractivity contribution >= 4 is 23.0 Å². The number of methoxy groups -OCH3 is 1. The summed E-state index contributed by atoms with van der Waals surface area (Å²) in [6, 6.07) is -0.279. The van der Waals surface area contributed by atoms with Gasteiger partial charge in [-0.15, -0.1) is 0 Å². The molecule has 0 aliphatic rings. The second-order valence-electron chi connectivity index (χ2n) is 5.81. The Kier molecular flexibility index (Phi) is 6.96. The Labute approximate surface area is 151 Å². The molecule has 0 fully saturated rings. The number of fused-ring (bicyclic) bond motifs is 1. The minimum Gasteiger partial charge on any atom is -0.468 e. The molecule has 0 aliphatic carbocycles. The Morgan fingerprint density at radius 3 is 2.81 bits per heavy atom. The van der Waals surface area contributed by atoms with E-state index in [0.717, 1.165) is 12.8 Å². The lowest BCUT2D eigenvalue weighted by Crippen LogP contribution is -2.39. The molecule has 0 aliphatic heterocycles. The molecule has 2 aromatic rings. The maximum atomic E-state index is 12.2. The summed E-state index contributed by atoms with van der Waals surface area (Å²) in [5, 5.41) is 3.07. The zero-order chi connectivity index (χ0) is 19.1. The summed E-state index contributed by atoms with van der Waals surface area (Å²) in [4.78, 5) is 34.9. The molecule has 0 saturated heterocycles. The number of aromatic amines is 1. The Morgan fingerprint density at radius 1 is 1.38 bits per heavy atom. The van der Waals surface area contributed by atoms with Crippen molar-refractivity contribution in [2.45, 2.75) is 45.7 Å². The minimum atomic E-state index is -0.423. The summed E-state index contributed by atoms with van der Waals surface area (Å²) in [5.41, 5.74) is 6.31. The number of nitrogens with zero attached hydrogens (tertiary/aromatic N) is 3. The standard InChI is InChI=1S/C16H26N6O4/c1-4-6-9-26-15-20-12(17)11-13(21-15)22(16(24)19-11)8-7-18-10(5-2)14(23)25-3/h10,18H,4-9H2,1-3H3,(H,19,24)(H2,17,20,21)/t10-/m0/s1. The summed E-state index contributed by atoms with van der Waals surface area (Å²) in [6.07, 6.45) is 2.44. The number of rotatable bonds is 10. The molecule has 0 amide bonds. The topological polar surface area (TPSA) is 137 Å². The van der Waals surface area contributed by atoms with E-state index in [-0.39, 0.29) is 23.5 Å². The van der Waals surface area contributed by atoms with Gasteiger partial charge in [-0.1, -0.05) is 20.3 Å². The van der Waals surface area contributed by atoms with Gasteiger partial charge in [-0.25, -0.2) is 4.79 Å². The number of aromatic nitrogens is 4. The number of nitrogens with two attached hydrogens (primary N) is 1. The smallest absolute Gasteiger partial charge is 0.327 e. The maximum Gasteiger partial charge on any atom is 0.327 e. The van der Waals surface area contributed by atoms with Gasteiger partial charge < -0.3 is 25.5 Å². The van der Waals surface area contributed by atoms with Crippen molar-refractivity contribution in [1.82, 2.24) is 24.8 Å². The van der Waals surface area contributed by atoms with Crippen LogP contribution in [0.15, 0.2) is 4.79 Å². The van der Waals surface area contributed by atoms with E-state index < -0.39 is 6.04 Å². The van der Waals surface area contributed by atoms with Crippen molar-refractivity contribution in [3.63, 3.8) is 0 Å². The summed E-state index contributed by atoms with van der Waals surface area (Å²) in [5.74, 6) is -0.178. The zero-order valence-corrected chi connectivity index (χ0v) is 15.4. The normalized spacial score (nSPS) is 12.3. The number of hydrogen-bond donors (Lipinski definition) is 3. The highest BCUT2D eigenvalue weighted by Gasteiger charge is 2.17. The zero-order valence-electron chi connectivity index (χ0n) is 15.4. The highest BCUT2D eigenvalue weighted by atomic mass is 16.5. The van der Waals surface area contributed by atoms with Gasteiger partial charge in [-0.05, 0) is 12.8 Å². The van der Waals surface area contributed by atoms with E-state index in [1.807, 2.05) is 6.92 Å². The van der Waals surface area contributed by atoms with Crippen molar-refractivity contribution in [3.05, 3.63) is 10.5 Å². The van der Waals surface area contributed by atoms with Crippen LogP contribution >= 0.6 is 0 Å². The first-order chi connectivity index (χ1) is 12.5. The highest BCUT2D eigenvalue weighted by Crippen LogP contribution is 2.17. The molecule has 26 heavy (non-hydrogen) atoms. The number of ether oxygens (including phenoxy) is 2. The van der Waals surface area contributed by atoms with Crippen LogP contribution in [-0.2, 0) is 16.1 Å². The number of anilines is 1. The van der Waals surface area contributed by atoms with Crippen LogP contribution in [0.1, 0.15) is 33.1 Å². The van der Waals surface area contributed by atoms with Gasteiger partial charge in [0.05, 0.1) is 13.7 Å². The van der Waals surface area contributed by atoms with Crippen LogP contribution in [0.25, 0.3) is 11.2 Å². The molecule has 2 aromatic heterocycles. The molecule has 10 nitrogen and oxygen atoms in total. The number of unbranched alkanes of at least 4 members (excludes halogenated alkanes) is 1. The predicted molar refractivity (Wildman–Crippen MR) is 97.1 cm³/mol. The summed E-state index contributed by atoms with van der Waals surface area (Å²) in [7, 11) is 1.34. The molecule has 1 atom stereocenters. The molecule has 0 aromatic carbocycles. The number of carbonyl (C=O) groups excluding carboxylic acids is 1. The number of carbonyl (C=O) groups is 1. The van der Waals surface area contributed by atoms with Gasteiger partial charge in [-0.3, -0.25) is 9.36 Å². The average molecular weight is 366 g/mol. The van der Waals surface area contributed by atoms with Crippen LogP contribution in [0.2, 0.25) is 0 Å². The third kappa shape index (κ3) is 4.51. The molecule has 2 heterocycles. The third-order valence-corrected chi connectivity index (χ3v) is 3.98. The summed E-state index contributed by atoms with van der Waals surface area (Å²) in [6.45, 7) is 5.10. The molecule has 10 heteroatoms. The van der Waals surface area contributed by atoms with E-state index >= 15 is 0 Å². The molecule has 0 unspecified atom stereocenters. The number of hydrogen-bond acceptors (Lipinski definition) is 8. The Hall–Kier alpha value is -2.62. The molecule has 4 N–H and O–H groups in total. The van der Waals surface area contributed by atoms with Crippen LogP contribution in [0.5, 0.6) is 6.01 Å². The lowest BCUT2D eigenvalue weighted by molar-refractivity contribution is -0.143. The monoisotopic (exact) mass is 366 g/mol. The first-order valence-electron chi connectivity index (χ1n) is 8.71. The average Bonchev–Trinajstić information content (AvgIpc) is 2.95. The fraction of sp³-hybridized carbons (Fsp3) is 0.625. The van der Waals surface area contributed by atoms with Crippen molar-refractivity contribution < 1.29 is 14.3 Å². The second-order valence-corrected chi connectivity index (χ2v) is 5.81. The Bertz CT molecular complexity index is 800. The Morgan fingerprint density at radius 2 is 2.15 bits per heavy atom. The number of H-pyrrole nitrogens is 1. The molecule has 144 valence electrons. The lowest BCUT2D eigenvalue weighted by Gasteiger charge is -2.14. The van der Waals surface area contributed by atoms with E-state index in [2.05, 4.69) is 27.2 Å². The maximum absolute atomic E-state index is 12.2. The minimum absolute atomic E-state index is 0.144. The van der Waals surface area contributed by atoms with Crippen molar-refractivity contribution in [3.8, 4) is 6.01 Å². The Balaban J connectivity index is 2.17. The first kappa shape index (κ1) is 19.7. The molecular weight excluding hydrogens is 340 g/mol. The first-order valence-corrected chi connectivity index (χ1v) is 8.71. The number of nitrogen functional groups attached to an aromatic ring is 1. The van der Waals surface area contributed by atoms with Crippen LogP contribution in [0.4, 0.5) is 5.82 Å². The highest BCUT2D eigenvalue weighted by molar-refractivity contribution is 5.81. The SMILES string of the molecule is CCCCOc1nc(N)c2[nH]c(=O)n(CCN[C@@H](CC)C(=O)OC)c2n1. The van der Waals surface area contributed by atoms with E-state index in [1.165, 1.54) is 11.7 Å². The molecule has 0 radical (unpaired) electrons. The van der Waals surface area contributed by atoms with E-state index in [4.69, 9.17) is 15.2 Å². The summed E-state index contributed by atoms with van der Waals surface area (Å²) >= 11 is 0. The van der Waals surface area contributed by atoms with Gasteiger partial charge in [-0.2, -0.15) is 9.97 Å². The molecule has 2 rings (SSSR count). The van der Waals surface area contributed by atoms with Crippen LogP contribution in [0, 0.1) is 0 Å². The van der Waals surface area contributed by atoms with E-state index in [0.29, 0.717) is 37.3 Å². The lowest BCUT2D eigenvalue weighted by atomic mass is 10.2. The van der Waals surface area contributed by atoms with Crippen molar-refractivity contribution in [1.29, 1.82) is 0 Å². The van der Waals surface area contributed by atoms with E-state index in [1.54, 1.807) is 0 Å². The fourth-order valence-corrected chi connectivity index (χ4v) is 2.50. The molecule has 0 saturated carbocycles. The summed E-state index contributed by atoms with van der Waals surface area (Å²) < 4.78 is 11.7. The number of nitrogens with one attached hydrogen (secondary N) is 2. The van der Waals surface area contributed by atoms with Gasteiger partial charge in [0.2, 0.25) is 0 Å². The van der Waals surface area contributed by atoms with Gasteiger partial charge >= 0.3 is 17.7 Å². The third-order valence-electron chi connectivity index (χ3n) is 3.98. The molecular formula is C16H26N6O4. The van der Waals surface area contributed by atoms with Crippen LogP contribution in [-0.4, -0.2) is 51.8 Å². The van der Waals surface area contributed by atoms with Crippen molar-refractivity contribution in [2.24, 2.45) is 0 Å². The molecule has 0 spiro atoms. The van der Waals surface area contributed by atoms with E-state index in [9.17, 15) is 9.59 Å². The quantitative estimate of drug-likeness (QED) is 0.406. The van der Waals surface area contributed by atoms with Crippen LogP contribution < -0.4 is 21.5 Å². The largest absolute Gasteiger partial charge is 0.468 e. The fourth-order valence-electron chi connectivity index (χ4n) is 2.50. The van der Waals surface area contributed by atoms with Gasteiger partial charge in [0.25, 0.3) is 0 Å². The van der Waals surface area contributed by atoms with Gasteiger partial charge in [0.15, 0.2) is 11.5 Å².